The molecule has 5 heteroatoms. The van der Waals surface area contributed by atoms with Gasteiger partial charge in [-0.05, 0) is 44.9 Å². The largest absolute Gasteiger partial charge is 0.481 e. The van der Waals surface area contributed by atoms with E-state index < -0.39 is 23.6 Å². The van der Waals surface area contributed by atoms with Crippen LogP contribution in [0.2, 0.25) is 0 Å². The summed E-state index contributed by atoms with van der Waals surface area (Å²) in [4.78, 5) is 24.9. The molecule has 0 fully saturated rings. The van der Waals surface area contributed by atoms with Crippen LogP contribution < -0.4 is 4.90 Å². The molecule has 5 nitrogen and oxygen atoms in total. The van der Waals surface area contributed by atoms with Crippen molar-refractivity contribution >= 4 is 17.7 Å². The van der Waals surface area contributed by atoms with Crippen LogP contribution in [-0.4, -0.2) is 29.3 Å². The van der Waals surface area contributed by atoms with Gasteiger partial charge in [-0.1, -0.05) is 12.1 Å². The molecule has 1 aromatic carbocycles. The van der Waals surface area contributed by atoms with Crippen LogP contribution in [0.4, 0.5) is 10.5 Å². The Morgan fingerprint density at radius 2 is 2.00 bits per heavy atom. The topological polar surface area (TPSA) is 66.8 Å². The van der Waals surface area contributed by atoms with Gasteiger partial charge in [-0.25, -0.2) is 4.79 Å². The molecule has 0 saturated heterocycles. The van der Waals surface area contributed by atoms with Crippen LogP contribution in [0, 0.1) is 6.92 Å². The summed E-state index contributed by atoms with van der Waals surface area (Å²) in [6, 6.07) is 5.45. The number of hydrogen-bond acceptors (Lipinski definition) is 3. The number of carbonyl (C=O) groups excluding carboxylic acids is 1. The van der Waals surface area contributed by atoms with Gasteiger partial charge in [-0.2, -0.15) is 0 Å². The molecule has 1 unspecified atom stereocenters. The standard InChI is InChI=1S/C15H19NO4/c1-9-5-6-10-11(13(17)18)8-16(12(10)7-9)14(19)20-15(2,3)4/h5-7,11H,8H2,1-4H3,(H,17,18). The molecular formula is C15H19NO4. The summed E-state index contributed by atoms with van der Waals surface area (Å²) in [5, 5.41) is 9.28. The SMILES string of the molecule is Cc1ccc2c(c1)N(C(=O)OC(C)(C)C)CC2C(=O)O. The third-order valence-corrected chi connectivity index (χ3v) is 3.13. The monoisotopic (exact) mass is 277 g/mol. The van der Waals surface area contributed by atoms with Crippen molar-refractivity contribution in [1.29, 1.82) is 0 Å². The lowest BCUT2D eigenvalue weighted by Crippen LogP contribution is -2.36. The number of carboxylic acids is 1. The minimum atomic E-state index is -0.929. The minimum absolute atomic E-state index is 0.114. The third-order valence-electron chi connectivity index (χ3n) is 3.13. The van der Waals surface area contributed by atoms with Crippen molar-refractivity contribution in [2.75, 3.05) is 11.4 Å². The van der Waals surface area contributed by atoms with E-state index in [9.17, 15) is 14.7 Å². The van der Waals surface area contributed by atoms with E-state index in [1.54, 1.807) is 26.8 Å². The third kappa shape index (κ3) is 2.76. The Kier molecular flexibility index (Phi) is 3.46. The lowest BCUT2D eigenvalue weighted by molar-refractivity contribution is -0.138. The lowest BCUT2D eigenvalue weighted by Gasteiger charge is -2.25. The molecule has 1 aliphatic heterocycles. The first-order valence-corrected chi connectivity index (χ1v) is 6.53. The molecule has 0 bridgehead atoms. The van der Waals surface area contributed by atoms with Gasteiger partial charge in [-0.15, -0.1) is 0 Å². The van der Waals surface area contributed by atoms with E-state index in [0.717, 1.165) is 5.56 Å². The highest BCUT2D eigenvalue weighted by molar-refractivity contribution is 5.95. The molecule has 1 aromatic rings. The van der Waals surface area contributed by atoms with E-state index in [-0.39, 0.29) is 6.54 Å². The van der Waals surface area contributed by atoms with Crippen molar-refractivity contribution in [3.05, 3.63) is 29.3 Å². The average molecular weight is 277 g/mol. The second kappa shape index (κ2) is 4.81. The average Bonchev–Trinajstić information content (AvgIpc) is 2.65. The normalized spacial score (nSPS) is 17.8. The van der Waals surface area contributed by atoms with Gasteiger partial charge in [0.2, 0.25) is 0 Å². The van der Waals surface area contributed by atoms with Gasteiger partial charge >= 0.3 is 12.1 Å². The van der Waals surface area contributed by atoms with Crippen LogP contribution in [0.15, 0.2) is 18.2 Å². The smallest absolute Gasteiger partial charge is 0.414 e. The molecule has 108 valence electrons. The fourth-order valence-corrected chi connectivity index (χ4v) is 2.26. The quantitative estimate of drug-likeness (QED) is 0.857. The Morgan fingerprint density at radius 1 is 1.35 bits per heavy atom. The van der Waals surface area contributed by atoms with Gasteiger partial charge in [-0.3, -0.25) is 9.69 Å². The van der Waals surface area contributed by atoms with Crippen molar-refractivity contribution in [3.63, 3.8) is 0 Å². The van der Waals surface area contributed by atoms with E-state index in [1.165, 1.54) is 4.90 Å². The predicted octanol–water partition coefficient (Wildman–Crippen LogP) is 2.92. The second-order valence-electron chi connectivity index (χ2n) is 6.04. The minimum Gasteiger partial charge on any atom is -0.481 e. The first kappa shape index (κ1) is 14.4. The zero-order valence-electron chi connectivity index (χ0n) is 12.1. The Hall–Kier alpha value is -2.04. The summed E-state index contributed by atoms with van der Waals surface area (Å²) < 4.78 is 5.34. The molecule has 0 aliphatic carbocycles. The summed E-state index contributed by atoms with van der Waals surface area (Å²) in [6.07, 6.45) is -0.506. The summed E-state index contributed by atoms with van der Waals surface area (Å²) in [5.74, 6) is -1.63. The highest BCUT2D eigenvalue weighted by Gasteiger charge is 2.38. The van der Waals surface area contributed by atoms with Gasteiger partial charge in [0.05, 0.1) is 5.69 Å². The predicted molar refractivity (Wildman–Crippen MR) is 75.1 cm³/mol. The van der Waals surface area contributed by atoms with E-state index in [1.807, 2.05) is 19.1 Å². The van der Waals surface area contributed by atoms with Crippen molar-refractivity contribution in [2.45, 2.75) is 39.2 Å². The maximum absolute atomic E-state index is 12.2. The number of benzene rings is 1. The van der Waals surface area contributed by atoms with Gasteiger partial charge < -0.3 is 9.84 Å². The van der Waals surface area contributed by atoms with Gasteiger partial charge in [0.1, 0.15) is 11.5 Å². The van der Waals surface area contributed by atoms with Crippen molar-refractivity contribution < 1.29 is 19.4 Å². The second-order valence-corrected chi connectivity index (χ2v) is 6.04. The Balaban J connectivity index is 2.36. The highest BCUT2D eigenvalue weighted by Crippen LogP contribution is 2.37. The number of carboxylic acid groups (broad SMARTS) is 1. The van der Waals surface area contributed by atoms with Gasteiger partial charge in [0, 0.05) is 6.54 Å². The van der Waals surface area contributed by atoms with E-state index >= 15 is 0 Å². The zero-order chi connectivity index (χ0) is 15.1. The summed E-state index contributed by atoms with van der Waals surface area (Å²) in [7, 11) is 0. The van der Waals surface area contributed by atoms with Crippen LogP contribution in [0.3, 0.4) is 0 Å². The molecule has 0 saturated carbocycles. The molecule has 1 aliphatic rings. The fraction of sp³-hybridized carbons (Fsp3) is 0.467. The summed E-state index contributed by atoms with van der Waals surface area (Å²) in [5.41, 5.74) is 1.66. The number of anilines is 1. The molecule has 1 N–H and O–H groups in total. The number of nitrogens with zero attached hydrogens (tertiary/aromatic N) is 1. The van der Waals surface area contributed by atoms with Crippen LogP contribution in [0.25, 0.3) is 0 Å². The Labute approximate surface area is 118 Å². The number of hydrogen-bond donors (Lipinski definition) is 1. The van der Waals surface area contributed by atoms with Crippen LogP contribution in [-0.2, 0) is 9.53 Å². The molecule has 1 atom stereocenters. The zero-order valence-corrected chi connectivity index (χ0v) is 12.1. The maximum atomic E-state index is 12.2. The van der Waals surface area contributed by atoms with Crippen molar-refractivity contribution in [1.82, 2.24) is 0 Å². The number of amides is 1. The molecular weight excluding hydrogens is 258 g/mol. The number of aliphatic carboxylic acids is 1. The van der Waals surface area contributed by atoms with Crippen LogP contribution >= 0.6 is 0 Å². The van der Waals surface area contributed by atoms with Gasteiger partial charge in [0.25, 0.3) is 0 Å². The van der Waals surface area contributed by atoms with E-state index in [2.05, 4.69) is 0 Å². The molecule has 0 spiro atoms. The number of fused-ring (bicyclic) bond motifs is 1. The summed E-state index contributed by atoms with van der Waals surface area (Å²) in [6.45, 7) is 7.37. The molecule has 20 heavy (non-hydrogen) atoms. The highest BCUT2D eigenvalue weighted by atomic mass is 16.6. The van der Waals surface area contributed by atoms with E-state index in [4.69, 9.17) is 4.74 Å². The Bertz CT molecular complexity index is 559. The van der Waals surface area contributed by atoms with E-state index in [0.29, 0.717) is 11.3 Å². The molecule has 1 heterocycles. The number of ether oxygens (including phenoxy) is 1. The van der Waals surface area contributed by atoms with Crippen molar-refractivity contribution in [3.8, 4) is 0 Å². The summed E-state index contributed by atoms with van der Waals surface area (Å²) >= 11 is 0. The number of rotatable bonds is 1. The van der Waals surface area contributed by atoms with Crippen LogP contribution in [0.1, 0.15) is 37.8 Å². The first-order valence-electron chi connectivity index (χ1n) is 6.53. The number of aryl methyl sites for hydroxylation is 1. The maximum Gasteiger partial charge on any atom is 0.414 e. The Morgan fingerprint density at radius 3 is 2.55 bits per heavy atom. The number of carbonyl (C=O) groups is 2. The van der Waals surface area contributed by atoms with Crippen molar-refractivity contribution in [2.24, 2.45) is 0 Å². The van der Waals surface area contributed by atoms with Crippen LogP contribution in [0.5, 0.6) is 0 Å². The molecule has 0 radical (unpaired) electrons. The molecule has 0 aromatic heterocycles. The fourth-order valence-electron chi connectivity index (χ4n) is 2.26. The van der Waals surface area contributed by atoms with Gasteiger partial charge in [0.15, 0.2) is 0 Å². The molecule has 1 amide bonds. The lowest BCUT2D eigenvalue weighted by atomic mass is 10.0. The first-order chi connectivity index (χ1) is 9.19. The molecule has 2 rings (SSSR count).